The van der Waals surface area contributed by atoms with Crippen LogP contribution in [0.3, 0.4) is 0 Å². The first kappa shape index (κ1) is 19.3. The van der Waals surface area contributed by atoms with E-state index in [-0.39, 0.29) is 5.91 Å². The van der Waals surface area contributed by atoms with Gasteiger partial charge in [-0.2, -0.15) is 0 Å². The number of pyridine rings is 1. The highest BCUT2D eigenvalue weighted by atomic mass is 16.5. The van der Waals surface area contributed by atoms with Gasteiger partial charge < -0.3 is 19.5 Å². The van der Waals surface area contributed by atoms with E-state index in [0.717, 1.165) is 17.5 Å². The molecule has 6 heteroatoms. The predicted molar refractivity (Wildman–Crippen MR) is 100 cm³/mol. The molecule has 2 aromatic rings. The number of amides is 1. The molecule has 0 radical (unpaired) electrons. The standard InChI is InChI=1S/C20H24N2O4/c1-4-12-26-20-16(6-5-11-21-20)14-22-19(23)10-7-15-13-17(24-2)8-9-18(15)25-3/h5-11,13H,4,12,14H2,1-3H3,(H,22,23)/b10-7+. The number of carbonyl (C=O) groups excluding carboxylic acids is 1. The van der Waals surface area contributed by atoms with Crippen molar-refractivity contribution in [2.45, 2.75) is 19.9 Å². The lowest BCUT2D eigenvalue weighted by Gasteiger charge is -2.10. The van der Waals surface area contributed by atoms with E-state index in [2.05, 4.69) is 10.3 Å². The van der Waals surface area contributed by atoms with Crippen LogP contribution in [-0.2, 0) is 11.3 Å². The number of methoxy groups -OCH3 is 2. The van der Waals surface area contributed by atoms with Gasteiger partial charge in [0.05, 0.1) is 20.8 Å². The van der Waals surface area contributed by atoms with Gasteiger partial charge in [-0.15, -0.1) is 0 Å². The lowest BCUT2D eigenvalue weighted by molar-refractivity contribution is -0.116. The zero-order valence-electron chi connectivity index (χ0n) is 15.3. The number of rotatable bonds is 9. The van der Waals surface area contributed by atoms with Crippen molar-refractivity contribution in [2.24, 2.45) is 0 Å². The topological polar surface area (TPSA) is 69.7 Å². The molecule has 1 heterocycles. The third-order valence-corrected chi connectivity index (χ3v) is 3.60. The first-order valence-corrected chi connectivity index (χ1v) is 8.42. The summed E-state index contributed by atoms with van der Waals surface area (Å²) in [4.78, 5) is 16.3. The average molecular weight is 356 g/mol. The Morgan fingerprint density at radius 2 is 2.08 bits per heavy atom. The quantitative estimate of drug-likeness (QED) is 0.699. The molecule has 0 saturated heterocycles. The van der Waals surface area contributed by atoms with Gasteiger partial charge in [-0.25, -0.2) is 4.98 Å². The number of carbonyl (C=O) groups is 1. The van der Waals surface area contributed by atoms with Crippen molar-refractivity contribution in [1.82, 2.24) is 10.3 Å². The molecule has 0 saturated carbocycles. The zero-order valence-corrected chi connectivity index (χ0v) is 15.3. The summed E-state index contributed by atoms with van der Waals surface area (Å²) in [5.74, 6) is 1.68. The van der Waals surface area contributed by atoms with Crippen molar-refractivity contribution in [3.8, 4) is 17.4 Å². The van der Waals surface area contributed by atoms with E-state index in [1.165, 1.54) is 6.08 Å². The lowest BCUT2D eigenvalue weighted by Crippen LogP contribution is -2.21. The molecule has 0 spiro atoms. The minimum atomic E-state index is -0.222. The SMILES string of the molecule is CCCOc1ncccc1CNC(=O)/C=C/c1cc(OC)ccc1OC. The molecule has 1 N–H and O–H groups in total. The second-order valence-corrected chi connectivity index (χ2v) is 5.48. The molecule has 0 aliphatic carbocycles. The summed E-state index contributed by atoms with van der Waals surface area (Å²) in [6.07, 6.45) is 5.72. The van der Waals surface area contributed by atoms with Crippen molar-refractivity contribution in [3.63, 3.8) is 0 Å². The molecule has 0 atom stereocenters. The molecule has 1 aromatic heterocycles. The number of hydrogen-bond acceptors (Lipinski definition) is 5. The van der Waals surface area contributed by atoms with Crippen LogP contribution >= 0.6 is 0 Å². The highest BCUT2D eigenvalue weighted by Crippen LogP contribution is 2.25. The fraction of sp³-hybridized carbons (Fsp3) is 0.300. The molecule has 0 fully saturated rings. The summed E-state index contributed by atoms with van der Waals surface area (Å²) >= 11 is 0. The zero-order chi connectivity index (χ0) is 18.8. The number of ether oxygens (including phenoxy) is 3. The maximum atomic E-state index is 12.1. The molecule has 0 aliphatic heterocycles. The number of nitrogens with zero attached hydrogens (tertiary/aromatic N) is 1. The summed E-state index contributed by atoms with van der Waals surface area (Å²) in [6.45, 7) is 2.96. The highest BCUT2D eigenvalue weighted by Gasteiger charge is 2.06. The van der Waals surface area contributed by atoms with E-state index in [9.17, 15) is 4.79 Å². The van der Waals surface area contributed by atoms with Gasteiger partial charge in [0.1, 0.15) is 11.5 Å². The van der Waals surface area contributed by atoms with Gasteiger partial charge in [0.2, 0.25) is 11.8 Å². The smallest absolute Gasteiger partial charge is 0.244 e. The van der Waals surface area contributed by atoms with E-state index in [1.54, 1.807) is 44.7 Å². The van der Waals surface area contributed by atoms with E-state index in [1.807, 2.05) is 19.1 Å². The van der Waals surface area contributed by atoms with Crippen LogP contribution in [0.4, 0.5) is 0 Å². The fourth-order valence-electron chi connectivity index (χ4n) is 2.26. The molecular formula is C20H24N2O4. The van der Waals surface area contributed by atoms with E-state index in [4.69, 9.17) is 14.2 Å². The Kier molecular flexibility index (Phi) is 7.49. The van der Waals surface area contributed by atoms with Crippen molar-refractivity contribution in [3.05, 3.63) is 53.7 Å². The van der Waals surface area contributed by atoms with Gasteiger partial charge in [-0.1, -0.05) is 13.0 Å². The van der Waals surface area contributed by atoms with Gasteiger partial charge in [-0.05, 0) is 36.8 Å². The Labute approximate surface area is 153 Å². The maximum absolute atomic E-state index is 12.1. The van der Waals surface area contributed by atoms with Crippen molar-refractivity contribution >= 4 is 12.0 Å². The van der Waals surface area contributed by atoms with Crippen LogP contribution in [-0.4, -0.2) is 31.7 Å². The Bertz CT molecular complexity index is 759. The number of hydrogen-bond donors (Lipinski definition) is 1. The first-order chi connectivity index (χ1) is 12.7. The molecular weight excluding hydrogens is 332 g/mol. The third-order valence-electron chi connectivity index (χ3n) is 3.60. The number of nitrogens with one attached hydrogen (secondary N) is 1. The Balaban J connectivity index is 2.00. The van der Waals surface area contributed by atoms with Crippen LogP contribution in [0.25, 0.3) is 6.08 Å². The molecule has 1 aromatic carbocycles. The molecule has 138 valence electrons. The van der Waals surface area contributed by atoms with Crippen LogP contribution in [0, 0.1) is 0 Å². The van der Waals surface area contributed by atoms with E-state index < -0.39 is 0 Å². The lowest BCUT2D eigenvalue weighted by atomic mass is 10.1. The summed E-state index contributed by atoms with van der Waals surface area (Å²) in [5.41, 5.74) is 1.59. The number of benzene rings is 1. The molecule has 26 heavy (non-hydrogen) atoms. The third kappa shape index (κ3) is 5.51. The molecule has 6 nitrogen and oxygen atoms in total. The van der Waals surface area contributed by atoms with Crippen LogP contribution < -0.4 is 19.5 Å². The Morgan fingerprint density at radius 1 is 1.23 bits per heavy atom. The molecule has 0 aliphatic rings. The molecule has 2 rings (SSSR count). The van der Waals surface area contributed by atoms with Gasteiger partial charge in [0, 0.05) is 29.9 Å². The Hall–Kier alpha value is -3.02. The van der Waals surface area contributed by atoms with Gasteiger partial charge in [0.25, 0.3) is 0 Å². The number of aromatic nitrogens is 1. The summed E-state index contributed by atoms with van der Waals surface area (Å²) in [7, 11) is 3.17. The van der Waals surface area contributed by atoms with E-state index >= 15 is 0 Å². The second-order valence-electron chi connectivity index (χ2n) is 5.48. The minimum absolute atomic E-state index is 0.222. The summed E-state index contributed by atoms with van der Waals surface area (Å²) < 4.78 is 16.1. The van der Waals surface area contributed by atoms with Crippen molar-refractivity contribution in [1.29, 1.82) is 0 Å². The minimum Gasteiger partial charge on any atom is -0.497 e. The van der Waals surface area contributed by atoms with Crippen LogP contribution in [0.15, 0.2) is 42.6 Å². The summed E-state index contributed by atoms with van der Waals surface area (Å²) in [5, 5.41) is 2.83. The largest absolute Gasteiger partial charge is 0.497 e. The van der Waals surface area contributed by atoms with Gasteiger partial charge in [0.15, 0.2) is 0 Å². The second kappa shape index (κ2) is 10.1. The van der Waals surface area contributed by atoms with Crippen LogP contribution in [0.2, 0.25) is 0 Å². The monoisotopic (exact) mass is 356 g/mol. The fourth-order valence-corrected chi connectivity index (χ4v) is 2.26. The van der Waals surface area contributed by atoms with Crippen LogP contribution in [0.5, 0.6) is 17.4 Å². The highest BCUT2D eigenvalue weighted by molar-refractivity contribution is 5.92. The first-order valence-electron chi connectivity index (χ1n) is 8.42. The average Bonchev–Trinajstić information content (AvgIpc) is 2.69. The molecule has 0 bridgehead atoms. The van der Waals surface area contributed by atoms with Crippen molar-refractivity contribution < 1.29 is 19.0 Å². The van der Waals surface area contributed by atoms with Crippen molar-refractivity contribution in [2.75, 3.05) is 20.8 Å². The summed E-state index contributed by atoms with van der Waals surface area (Å²) in [6, 6.07) is 9.10. The molecule has 0 unspecified atom stereocenters. The van der Waals surface area contributed by atoms with Gasteiger partial charge >= 0.3 is 0 Å². The van der Waals surface area contributed by atoms with E-state index in [0.29, 0.717) is 30.5 Å². The maximum Gasteiger partial charge on any atom is 0.244 e. The van der Waals surface area contributed by atoms with Crippen LogP contribution in [0.1, 0.15) is 24.5 Å². The molecule has 1 amide bonds. The predicted octanol–water partition coefficient (Wildman–Crippen LogP) is 3.22. The normalized spacial score (nSPS) is 10.6. The Morgan fingerprint density at radius 3 is 2.81 bits per heavy atom. The van der Waals surface area contributed by atoms with Gasteiger partial charge in [-0.3, -0.25) is 4.79 Å².